The lowest BCUT2D eigenvalue weighted by Crippen LogP contribution is -2.46. The van der Waals surface area contributed by atoms with Crippen LogP contribution < -0.4 is 5.32 Å². The van der Waals surface area contributed by atoms with Crippen LogP contribution in [0.2, 0.25) is 0 Å². The monoisotopic (exact) mass is 213 g/mol. The van der Waals surface area contributed by atoms with Gasteiger partial charge in [0.05, 0.1) is 19.3 Å². The van der Waals surface area contributed by atoms with Crippen molar-refractivity contribution in [3.8, 4) is 0 Å². The van der Waals surface area contributed by atoms with E-state index < -0.39 is 0 Å². The Kier molecular flexibility index (Phi) is 6.60. The molecule has 1 unspecified atom stereocenters. The van der Waals surface area contributed by atoms with Gasteiger partial charge in [0.25, 0.3) is 0 Å². The number of carbonyl (C=O) groups is 1. The van der Waals surface area contributed by atoms with E-state index in [-0.39, 0.29) is 6.04 Å². The quantitative estimate of drug-likeness (QED) is 0.656. The predicted octanol–water partition coefficient (Wildman–Crippen LogP) is 1.90. The van der Waals surface area contributed by atoms with Crippen LogP contribution in [0.4, 0.5) is 0 Å². The first-order chi connectivity index (χ1) is 7.34. The van der Waals surface area contributed by atoms with Crippen molar-refractivity contribution in [2.24, 2.45) is 0 Å². The van der Waals surface area contributed by atoms with Crippen LogP contribution in [0.15, 0.2) is 0 Å². The highest BCUT2D eigenvalue weighted by molar-refractivity contribution is 5.84. The fourth-order valence-corrected chi connectivity index (χ4v) is 1.85. The summed E-state index contributed by atoms with van der Waals surface area (Å²) in [6.07, 6.45) is 6.75. The van der Waals surface area contributed by atoms with Gasteiger partial charge in [-0.3, -0.25) is 4.79 Å². The fourth-order valence-electron chi connectivity index (χ4n) is 1.85. The number of hydrogen-bond donors (Lipinski definition) is 1. The van der Waals surface area contributed by atoms with E-state index >= 15 is 0 Å². The highest BCUT2D eigenvalue weighted by Gasteiger charge is 2.19. The van der Waals surface area contributed by atoms with Gasteiger partial charge in [0.15, 0.2) is 5.78 Å². The Balaban J connectivity index is 2.02. The largest absolute Gasteiger partial charge is 0.378 e. The molecule has 1 rings (SSSR count). The van der Waals surface area contributed by atoms with Crippen molar-refractivity contribution < 1.29 is 9.53 Å². The maximum absolute atomic E-state index is 11.7. The van der Waals surface area contributed by atoms with Crippen LogP contribution in [-0.4, -0.2) is 31.6 Å². The van der Waals surface area contributed by atoms with E-state index in [1.807, 2.05) is 0 Å². The molecule has 0 radical (unpaired) electrons. The molecule has 0 bridgehead atoms. The molecule has 0 aliphatic carbocycles. The van der Waals surface area contributed by atoms with Gasteiger partial charge < -0.3 is 10.1 Å². The van der Waals surface area contributed by atoms with Crippen molar-refractivity contribution in [1.82, 2.24) is 5.32 Å². The van der Waals surface area contributed by atoms with Gasteiger partial charge in [-0.15, -0.1) is 0 Å². The summed E-state index contributed by atoms with van der Waals surface area (Å²) >= 11 is 0. The molecule has 0 spiro atoms. The average Bonchev–Trinajstić information content (AvgIpc) is 2.30. The molecule has 3 heteroatoms. The van der Waals surface area contributed by atoms with Gasteiger partial charge in [0.1, 0.15) is 0 Å². The van der Waals surface area contributed by atoms with Gasteiger partial charge in [-0.05, 0) is 6.42 Å². The lowest BCUT2D eigenvalue weighted by molar-refractivity contribution is -0.123. The highest BCUT2D eigenvalue weighted by Crippen LogP contribution is 2.07. The van der Waals surface area contributed by atoms with Crippen molar-refractivity contribution in [1.29, 1.82) is 0 Å². The van der Waals surface area contributed by atoms with Crippen LogP contribution in [0.5, 0.6) is 0 Å². The first-order valence-electron chi connectivity index (χ1n) is 6.18. The second kappa shape index (κ2) is 7.83. The molecule has 1 heterocycles. The fraction of sp³-hybridized carbons (Fsp3) is 0.917. The summed E-state index contributed by atoms with van der Waals surface area (Å²) < 4.78 is 5.26. The highest BCUT2D eigenvalue weighted by atomic mass is 16.5. The SMILES string of the molecule is CCCCCCCC(=O)C1COCCN1. The zero-order valence-corrected chi connectivity index (χ0v) is 9.76. The van der Waals surface area contributed by atoms with Crippen LogP contribution in [0.3, 0.4) is 0 Å². The van der Waals surface area contributed by atoms with Crippen molar-refractivity contribution >= 4 is 5.78 Å². The Morgan fingerprint density at radius 2 is 2.13 bits per heavy atom. The van der Waals surface area contributed by atoms with Gasteiger partial charge in [0.2, 0.25) is 0 Å². The second-order valence-electron chi connectivity index (χ2n) is 4.21. The summed E-state index contributed by atoms with van der Waals surface area (Å²) in [5.41, 5.74) is 0. The number of morpholine rings is 1. The molecule has 88 valence electrons. The number of ether oxygens (including phenoxy) is 1. The van der Waals surface area contributed by atoms with Crippen molar-refractivity contribution in [3.63, 3.8) is 0 Å². The van der Waals surface area contributed by atoms with Crippen molar-refractivity contribution in [3.05, 3.63) is 0 Å². The summed E-state index contributed by atoms with van der Waals surface area (Å²) in [4.78, 5) is 11.7. The van der Waals surface area contributed by atoms with E-state index in [0.29, 0.717) is 18.8 Å². The third kappa shape index (κ3) is 5.28. The van der Waals surface area contributed by atoms with E-state index in [0.717, 1.165) is 19.6 Å². The first-order valence-corrected chi connectivity index (χ1v) is 6.18. The maximum atomic E-state index is 11.7. The number of nitrogens with one attached hydrogen (secondary N) is 1. The van der Waals surface area contributed by atoms with E-state index in [4.69, 9.17) is 4.74 Å². The molecule has 1 fully saturated rings. The van der Waals surface area contributed by atoms with Gasteiger partial charge in [0, 0.05) is 13.0 Å². The number of rotatable bonds is 7. The molecule has 0 aromatic rings. The number of ketones is 1. The molecule has 0 saturated carbocycles. The lowest BCUT2D eigenvalue weighted by atomic mass is 10.0. The topological polar surface area (TPSA) is 38.3 Å². The molecular formula is C12H23NO2. The molecule has 1 N–H and O–H groups in total. The first kappa shape index (κ1) is 12.7. The van der Waals surface area contributed by atoms with Gasteiger partial charge in [-0.2, -0.15) is 0 Å². The van der Waals surface area contributed by atoms with E-state index in [9.17, 15) is 4.79 Å². The molecule has 0 aromatic heterocycles. The molecule has 3 nitrogen and oxygen atoms in total. The van der Waals surface area contributed by atoms with Crippen LogP contribution in [0.1, 0.15) is 45.4 Å². The smallest absolute Gasteiger partial charge is 0.152 e. The normalized spacial score (nSPS) is 21.5. The molecule has 0 aromatic carbocycles. The number of hydrogen-bond acceptors (Lipinski definition) is 3. The Labute approximate surface area is 92.6 Å². The Hall–Kier alpha value is -0.410. The molecule has 1 atom stereocenters. The summed E-state index contributed by atoms with van der Waals surface area (Å²) in [5.74, 6) is 0.325. The Bertz CT molecular complexity index is 176. The molecule has 1 saturated heterocycles. The minimum absolute atomic E-state index is 0.0371. The predicted molar refractivity (Wildman–Crippen MR) is 61.0 cm³/mol. The number of Topliss-reactive ketones (excluding diaryl/α,β-unsaturated/α-hetero) is 1. The Morgan fingerprint density at radius 3 is 2.80 bits per heavy atom. The van der Waals surface area contributed by atoms with E-state index in [1.165, 1.54) is 25.7 Å². The number of unbranched alkanes of at least 4 members (excludes halogenated alkanes) is 4. The molecular weight excluding hydrogens is 190 g/mol. The molecule has 1 aliphatic rings. The molecule has 1 aliphatic heterocycles. The minimum Gasteiger partial charge on any atom is -0.378 e. The Morgan fingerprint density at radius 1 is 1.33 bits per heavy atom. The molecule has 15 heavy (non-hydrogen) atoms. The van der Waals surface area contributed by atoms with Crippen LogP contribution in [0.25, 0.3) is 0 Å². The van der Waals surface area contributed by atoms with Crippen molar-refractivity contribution in [2.75, 3.05) is 19.8 Å². The zero-order valence-electron chi connectivity index (χ0n) is 9.76. The zero-order chi connectivity index (χ0) is 10.9. The average molecular weight is 213 g/mol. The summed E-state index contributed by atoms with van der Waals surface area (Å²) in [5, 5.41) is 3.20. The summed E-state index contributed by atoms with van der Waals surface area (Å²) in [7, 11) is 0. The van der Waals surface area contributed by atoms with Crippen molar-refractivity contribution in [2.45, 2.75) is 51.5 Å². The summed E-state index contributed by atoms with van der Waals surface area (Å²) in [6.45, 7) is 4.31. The summed E-state index contributed by atoms with van der Waals surface area (Å²) in [6, 6.07) is -0.0371. The number of carbonyl (C=O) groups excluding carboxylic acids is 1. The third-order valence-electron chi connectivity index (χ3n) is 2.84. The minimum atomic E-state index is -0.0371. The van der Waals surface area contributed by atoms with Gasteiger partial charge in [-0.25, -0.2) is 0 Å². The third-order valence-corrected chi connectivity index (χ3v) is 2.84. The second-order valence-corrected chi connectivity index (χ2v) is 4.21. The van der Waals surface area contributed by atoms with E-state index in [1.54, 1.807) is 0 Å². The van der Waals surface area contributed by atoms with Crippen LogP contribution in [-0.2, 0) is 9.53 Å². The maximum Gasteiger partial charge on any atom is 0.152 e. The standard InChI is InChI=1S/C12H23NO2/c1-2-3-4-5-6-7-12(14)11-10-15-9-8-13-11/h11,13H,2-10H2,1H3. The van der Waals surface area contributed by atoms with Crippen LogP contribution in [0, 0.1) is 0 Å². The van der Waals surface area contributed by atoms with Crippen LogP contribution >= 0.6 is 0 Å². The van der Waals surface area contributed by atoms with E-state index in [2.05, 4.69) is 12.2 Å². The van der Waals surface area contributed by atoms with Gasteiger partial charge in [-0.1, -0.05) is 32.6 Å². The molecule has 0 amide bonds. The van der Waals surface area contributed by atoms with Gasteiger partial charge >= 0.3 is 0 Å². The lowest BCUT2D eigenvalue weighted by Gasteiger charge is -2.22.